The van der Waals surface area contributed by atoms with Gasteiger partial charge in [-0.15, -0.1) is 0 Å². The number of hydrogen-bond acceptors (Lipinski definition) is 4. The molecular formula is C21H18ClFN2O2. The molecule has 0 aliphatic rings. The molecule has 3 rings (SSSR count). The van der Waals surface area contributed by atoms with Gasteiger partial charge in [-0.2, -0.15) is 0 Å². The van der Waals surface area contributed by atoms with Gasteiger partial charge in [0, 0.05) is 23.3 Å². The first-order valence-electron chi connectivity index (χ1n) is 8.34. The topological polar surface area (TPSA) is 42.4 Å². The molecule has 0 aliphatic carbocycles. The molecule has 0 radical (unpaired) electrons. The van der Waals surface area contributed by atoms with Gasteiger partial charge in [0.15, 0.2) is 17.3 Å². The number of nitrogens with zero attached hydrogens (tertiary/aromatic N) is 2. The molecule has 0 N–H and O–H groups in total. The summed E-state index contributed by atoms with van der Waals surface area (Å²) >= 11 is 6.07. The maximum Gasteiger partial charge on any atom is 0.182 e. The second kappa shape index (κ2) is 8.64. The van der Waals surface area contributed by atoms with Crippen molar-refractivity contribution >= 4 is 23.2 Å². The molecule has 1 heterocycles. The second-order valence-electron chi connectivity index (χ2n) is 5.95. The molecule has 1 aromatic heterocycles. The summed E-state index contributed by atoms with van der Waals surface area (Å²) < 4.78 is 18.8. The average molecular weight is 385 g/mol. The molecule has 0 saturated carbocycles. The van der Waals surface area contributed by atoms with Gasteiger partial charge in [0.25, 0.3) is 0 Å². The van der Waals surface area contributed by atoms with Gasteiger partial charge in [-0.3, -0.25) is 4.79 Å². The van der Waals surface area contributed by atoms with E-state index in [-0.39, 0.29) is 23.6 Å². The van der Waals surface area contributed by atoms with Crippen LogP contribution in [0.3, 0.4) is 0 Å². The monoisotopic (exact) mass is 384 g/mol. The minimum Gasteiger partial charge on any atom is -0.494 e. The van der Waals surface area contributed by atoms with Crippen molar-refractivity contribution in [2.24, 2.45) is 0 Å². The molecule has 4 nitrogen and oxygen atoms in total. The molecule has 0 fully saturated rings. The van der Waals surface area contributed by atoms with Crippen LogP contribution in [0.25, 0.3) is 0 Å². The summed E-state index contributed by atoms with van der Waals surface area (Å²) in [6, 6.07) is 17.1. The fourth-order valence-electron chi connectivity index (χ4n) is 2.72. The predicted molar refractivity (Wildman–Crippen MR) is 104 cm³/mol. The summed E-state index contributed by atoms with van der Waals surface area (Å²) in [4.78, 5) is 18.9. The molecule has 27 heavy (non-hydrogen) atoms. The quantitative estimate of drug-likeness (QED) is 0.550. The SMILES string of the molecule is COc1ccc(C(=O)CN(Cc2cccc(Cl)c2)c2ccccn2)cc1F. The molecule has 2 aromatic carbocycles. The molecule has 0 bridgehead atoms. The Morgan fingerprint density at radius 2 is 2.00 bits per heavy atom. The van der Waals surface area contributed by atoms with E-state index < -0.39 is 5.82 Å². The lowest BCUT2D eigenvalue weighted by Crippen LogP contribution is -2.30. The molecule has 0 unspecified atom stereocenters. The number of pyridine rings is 1. The van der Waals surface area contributed by atoms with Crippen molar-refractivity contribution in [2.45, 2.75) is 6.54 Å². The van der Waals surface area contributed by atoms with E-state index in [1.807, 2.05) is 41.3 Å². The van der Waals surface area contributed by atoms with E-state index >= 15 is 0 Å². The zero-order valence-corrected chi connectivity index (χ0v) is 15.5. The Morgan fingerprint density at radius 3 is 2.67 bits per heavy atom. The highest BCUT2D eigenvalue weighted by Gasteiger charge is 2.16. The Kier molecular flexibility index (Phi) is 6.04. The standard InChI is InChI=1S/C21H18ClFN2O2/c1-27-20-9-8-16(12-18(20)23)19(26)14-25(21-7-2-3-10-24-21)13-15-5-4-6-17(22)11-15/h2-12H,13-14H2,1H3. The van der Waals surface area contributed by atoms with Gasteiger partial charge in [-0.1, -0.05) is 29.8 Å². The van der Waals surface area contributed by atoms with E-state index in [0.29, 0.717) is 17.4 Å². The molecule has 6 heteroatoms. The largest absolute Gasteiger partial charge is 0.494 e. The highest BCUT2D eigenvalue weighted by molar-refractivity contribution is 6.30. The molecule has 0 atom stereocenters. The highest BCUT2D eigenvalue weighted by atomic mass is 35.5. The lowest BCUT2D eigenvalue weighted by molar-refractivity contribution is 0.0998. The van der Waals surface area contributed by atoms with Crippen molar-refractivity contribution in [3.8, 4) is 5.75 Å². The lowest BCUT2D eigenvalue weighted by atomic mass is 10.1. The van der Waals surface area contributed by atoms with E-state index in [1.165, 1.54) is 19.2 Å². The molecule has 0 spiro atoms. The van der Waals surface area contributed by atoms with Crippen molar-refractivity contribution in [3.05, 3.63) is 88.8 Å². The van der Waals surface area contributed by atoms with Crippen molar-refractivity contribution in [1.82, 2.24) is 4.98 Å². The van der Waals surface area contributed by atoms with Crippen LogP contribution in [0.5, 0.6) is 5.75 Å². The first-order chi connectivity index (χ1) is 13.1. The normalized spacial score (nSPS) is 10.5. The second-order valence-corrected chi connectivity index (χ2v) is 6.38. The maximum atomic E-state index is 13.9. The van der Waals surface area contributed by atoms with Gasteiger partial charge < -0.3 is 9.64 Å². The Balaban J connectivity index is 1.84. The van der Waals surface area contributed by atoms with Gasteiger partial charge in [0.1, 0.15) is 5.82 Å². The van der Waals surface area contributed by atoms with Gasteiger partial charge in [-0.25, -0.2) is 9.37 Å². The third-order valence-corrected chi connectivity index (χ3v) is 4.28. The Hall–Kier alpha value is -2.92. The number of rotatable bonds is 7. The van der Waals surface area contributed by atoms with Gasteiger partial charge in [0.05, 0.1) is 13.7 Å². The van der Waals surface area contributed by atoms with Crippen LogP contribution in [0, 0.1) is 5.82 Å². The van der Waals surface area contributed by atoms with Crippen LogP contribution in [0.4, 0.5) is 10.2 Å². The summed E-state index contributed by atoms with van der Waals surface area (Å²) in [5.41, 5.74) is 1.22. The van der Waals surface area contributed by atoms with Crippen LogP contribution in [-0.4, -0.2) is 24.4 Å². The number of carbonyl (C=O) groups is 1. The lowest BCUT2D eigenvalue weighted by Gasteiger charge is -2.23. The van der Waals surface area contributed by atoms with Crippen LogP contribution < -0.4 is 9.64 Å². The Labute approximate surface area is 162 Å². The first-order valence-corrected chi connectivity index (χ1v) is 8.72. The highest BCUT2D eigenvalue weighted by Crippen LogP contribution is 2.20. The first kappa shape index (κ1) is 18.9. The summed E-state index contributed by atoms with van der Waals surface area (Å²) in [5, 5.41) is 0.622. The van der Waals surface area contributed by atoms with Crippen molar-refractivity contribution in [2.75, 3.05) is 18.6 Å². The van der Waals surface area contributed by atoms with Crippen LogP contribution in [0.1, 0.15) is 15.9 Å². The van der Waals surface area contributed by atoms with E-state index in [4.69, 9.17) is 16.3 Å². The van der Waals surface area contributed by atoms with Gasteiger partial charge in [0.2, 0.25) is 0 Å². The fraction of sp³-hybridized carbons (Fsp3) is 0.143. The maximum absolute atomic E-state index is 13.9. The molecule has 138 valence electrons. The zero-order chi connectivity index (χ0) is 19.2. The predicted octanol–water partition coefficient (Wildman–Crippen LogP) is 4.77. The number of hydrogen-bond donors (Lipinski definition) is 0. The van der Waals surface area contributed by atoms with Crippen LogP contribution in [-0.2, 0) is 6.54 Å². The number of aromatic nitrogens is 1. The zero-order valence-electron chi connectivity index (χ0n) is 14.7. The van der Waals surface area contributed by atoms with Crippen LogP contribution in [0.2, 0.25) is 5.02 Å². The van der Waals surface area contributed by atoms with E-state index in [2.05, 4.69) is 4.98 Å². The van der Waals surface area contributed by atoms with Crippen LogP contribution >= 0.6 is 11.6 Å². The number of Topliss-reactive ketones (excluding diaryl/α,β-unsaturated/α-hetero) is 1. The average Bonchev–Trinajstić information content (AvgIpc) is 2.68. The fourth-order valence-corrected chi connectivity index (χ4v) is 2.93. The Morgan fingerprint density at radius 1 is 1.15 bits per heavy atom. The van der Waals surface area contributed by atoms with E-state index in [9.17, 15) is 9.18 Å². The van der Waals surface area contributed by atoms with Crippen molar-refractivity contribution < 1.29 is 13.9 Å². The van der Waals surface area contributed by atoms with E-state index in [1.54, 1.807) is 18.3 Å². The number of ether oxygens (including phenoxy) is 1. The number of ketones is 1. The number of halogens is 2. The molecule has 0 amide bonds. The van der Waals surface area contributed by atoms with E-state index in [0.717, 1.165) is 5.56 Å². The number of anilines is 1. The molecule has 0 saturated heterocycles. The number of carbonyl (C=O) groups excluding carboxylic acids is 1. The summed E-state index contributed by atoms with van der Waals surface area (Å²) in [6.45, 7) is 0.497. The third kappa shape index (κ3) is 4.83. The minimum absolute atomic E-state index is 0.0509. The van der Waals surface area contributed by atoms with Crippen LogP contribution in [0.15, 0.2) is 66.9 Å². The van der Waals surface area contributed by atoms with Gasteiger partial charge >= 0.3 is 0 Å². The summed E-state index contributed by atoms with van der Waals surface area (Å²) in [6.07, 6.45) is 1.66. The summed E-state index contributed by atoms with van der Waals surface area (Å²) in [7, 11) is 1.38. The van der Waals surface area contributed by atoms with Gasteiger partial charge in [-0.05, 0) is 48.0 Å². The molecular weight excluding hydrogens is 367 g/mol. The number of methoxy groups -OCH3 is 1. The molecule has 3 aromatic rings. The summed E-state index contributed by atoms with van der Waals surface area (Å²) in [5.74, 6) is -0.0290. The smallest absolute Gasteiger partial charge is 0.182 e. The molecule has 0 aliphatic heterocycles. The Bertz CT molecular complexity index is 934. The number of benzene rings is 2. The third-order valence-electron chi connectivity index (χ3n) is 4.04. The van der Waals surface area contributed by atoms with Crippen molar-refractivity contribution in [3.63, 3.8) is 0 Å². The minimum atomic E-state index is -0.567. The van der Waals surface area contributed by atoms with Crippen molar-refractivity contribution in [1.29, 1.82) is 0 Å².